The maximum absolute atomic E-state index is 12.8. The van der Waals surface area contributed by atoms with Crippen LogP contribution in [0.15, 0.2) is 24.3 Å². The Labute approximate surface area is 97.4 Å². The average Bonchev–Trinajstić information content (AvgIpc) is 2.28. The van der Waals surface area contributed by atoms with Crippen LogP contribution in [0, 0.1) is 0 Å². The first-order valence-corrected chi connectivity index (χ1v) is 5.32. The van der Waals surface area contributed by atoms with Crippen molar-refractivity contribution in [3.8, 4) is 5.75 Å². The Morgan fingerprint density at radius 3 is 2.35 bits per heavy atom. The fourth-order valence-electron chi connectivity index (χ4n) is 1.39. The molecule has 0 aliphatic rings. The molecule has 0 saturated carbocycles. The van der Waals surface area contributed by atoms with E-state index in [4.69, 9.17) is 0 Å². The molecule has 0 bridgehead atoms. The number of benzene rings is 1. The molecule has 0 radical (unpaired) electrons. The lowest BCUT2D eigenvalue weighted by Crippen LogP contribution is -2.33. The van der Waals surface area contributed by atoms with Crippen LogP contribution in [-0.4, -0.2) is 12.5 Å². The zero-order chi connectivity index (χ0) is 13.1. The van der Waals surface area contributed by atoms with Gasteiger partial charge in [-0.1, -0.05) is 32.0 Å². The van der Waals surface area contributed by atoms with E-state index < -0.39 is 12.5 Å². The van der Waals surface area contributed by atoms with Crippen molar-refractivity contribution in [2.24, 2.45) is 0 Å². The first kappa shape index (κ1) is 13.8. The Morgan fingerprint density at radius 2 is 1.82 bits per heavy atom. The molecule has 0 aliphatic heterocycles. The van der Waals surface area contributed by atoms with E-state index in [1.165, 1.54) is 12.1 Å². The summed E-state index contributed by atoms with van der Waals surface area (Å²) < 4.78 is 53.8. The smallest absolute Gasteiger partial charge is 0.428 e. The van der Waals surface area contributed by atoms with Crippen LogP contribution in [0.5, 0.6) is 5.75 Å². The van der Waals surface area contributed by atoms with Crippen LogP contribution < -0.4 is 4.74 Å². The summed E-state index contributed by atoms with van der Waals surface area (Å²) in [5.74, 6) is -0.216. The van der Waals surface area contributed by atoms with Crippen LogP contribution in [0.25, 0.3) is 0 Å². The normalized spacial score (nSPS) is 13.8. The molecule has 5 heteroatoms. The number of hydrogen-bond acceptors (Lipinski definition) is 1. The maximum Gasteiger partial charge on any atom is 0.461 e. The third-order valence-corrected chi connectivity index (χ3v) is 2.56. The van der Waals surface area contributed by atoms with Gasteiger partial charge in [0, 0.05) is 0 Å². The van der Waals surface area contributed by atoms with Gasteiger partial charge in [-0.25, -0.2) is 0 Å². The number of hydrogen-bond donors (Lipinski definition) is 0. The van der Waals surface area contributed by atoms with Crippen molar-refractivity contribution in [3.63, 3.8) is 0 Å². The van der Waals surface area contributed by atoms with Gasteiger partial charge in [0.15, 0.2) is 0 Å². The lowest BCUT2D eigenvalue weighted by molar-refractivity contribution is -0.253. The van der Waals surface area contributed by atoms with Gasteiger partial charge in [-0.15, -0.1) is 0 Å². The van der Waals surface area contributed by atoms with Crippen LogP contribution in [0.1, 0.15) is 31.7 Å². The summed E-state index contributed by atoms with van der Waals surface area (Å²) in [4.78, 5) is 0. The van der Waals surface area contributed by atoms with Crippen molar-refractivity contribution in [2.45, 2.75) is 38.7 Å². The van der Waals surface area contributed by atoms with E-state index in [1.807, 2.05) is 13.8 Å². The molecule has 1 unspecified atom stereocenters. The molecule has 0 fully saturated rings. The minimum atomic E-state index is -4.45. The molecule has 0 heterocycles. The molecule has 0 aromatic heterocycles. The second-order valence-electron chi connectivity index (χ2n) is 3.81. The summed E-state index contributed by atoms with van der Waals surface area (Å²) in [6.07, 6.45) is -7.59. The summed E-state index contributed by atoms with van der Waals surface area (Å²) in [5, 5.41) is 0. The molecule has 1 rings (SSSR count). The Balaban J connectivity index is 2.98. The topological polar surface area (TPSA) is 9.23 Å². The standard InChI is InChI=1S/C12H14F4O/c1-3-8(2)9-6-4-5-7-10(9)17-12(15,16)11(13)14/h4-8,11H,3H2,1-2H3. The highest BCUT2D eigenvalue weighted by atomic mass is 19.3. The Kier molecular flexibility index (Phi) is 4.37. The van der Waals surface area contributed by atoms with Crippen LogP contribution in [-0.2, 0) is 0 Å². The second kappa shape index (κ2) is 5.38. The predicted molar refractivity (Wildman–Crippen MR) is 56.7 cm³/mol. The molecular formula is C12H14F4O. The van der Waals surface area contributed by atoms with E-state index in [9.17, 15) is 17.6 Å². The van der Waals surface area contributed by atoms with Crippen molar-refractivity contribution >= 4 is 0 Å². The summed E-state index contributed by atoms with van der Waals surface area (Å²) in [6.45, 7) is 3.70. The van der Waals surface area contributed by atoms with Gasteiger partial charge < -0.3 is 4.74 Å². The Hall–Kier alpha value is -1.26. The first-order chi connectivity index (χ1) is 7.88. The molecule has 0 aliphatic carbocycles. The number of halogens is 4. The number of rotatable bonds is 5. The van der Waals surface area contributed by atoms with E-state index in [0.29, 0.717) is 12.0 Å². The van der Waals surface area contributed by atoms with Crippen molar-refractivity contribution in [3.05, 3.63) is 29.8 Å². The van der Waals surface area contributed by atoms with Crippen molar-refractivity contribution in [1.29, 1.82) is 0 Å². The van der Waals surface area contributed by atoms with Crippen LogP contribution in [0.4, 0.5) is 17.6 Å². The van der Waals surface area contributed by atoms with E-state index in [1.54, 1.807) is 12.1 Å². The fourth-order valence-corrected chi connectivity index (χ4v) is 1.39. The molecule has 96 valence electrons. The number of ether oxygens (including phenoxy) is 1. The van der Waals surface area contributed by atoms with Crippen LogP contribution in [0.2, 0.25) is 0 Å². The highest BCUT2D eigenvalue weighted by Gasteiger charge is 2.44. The largest absolute Gasteiger partial charge is 0.461 e. The van der Waals surface area contributed by atoms with Gasteiger partial charge >= 0.3 is 12.5 Å². The molecule has 0 amide bonds. The minimum Gasteiger partial charge on any atom is -0.428 e. The van der Waals surface area contributed by atoms with E-state index in [0.717, 1.165) is 0 Å². The summed E-state index contributed by atoms with van der Waals surface area (Å²) in [6, 6.07) is 6.01. The van der Waals surface area contributed by atoms with Crippen molar-refractivity contribution in [1.82, 2.24) is 0 Å². The van der Waals surface area contributed by atoms with Gasteiger partial charge in [0.05, 0.1) is 0 Å². The minimum absolute atomic E-state index is 0.0281. The highest BCUT2D eigenvalue weighted by Crippen LogP contribution is 2.34. The SMILES string of the molecule is CCC(C)c1ccccc1OC(F)(F)C(F)F. The molecule has 0 spiro atoms. The predicted octanol–water partition coefficient (Wildman–Crippen LogP) is 4.44. The molecule has 1 nitrogen and oxygen atoms in total. The van der Waals surface area contributed by atoms with Gasteiger partial charge in [-0.3, -0.25) is 0 Å². The second-order valence-corrected chi connectivity index (χ2v) is 3.81. The van der Waals surface area contributed by atoms with Gasteiger partial charge in [-0.2, -0.15) is 17.6 Å². The number of alkyl halides is 4. The fraction of sp³-hybridized carbons (Fsp3) is 0.500. The zero-order valence-corrected chi connectivity index (χ0v) is 9.59. The van der Waals surface area contributed by atoms with Crippen LogP contribution >= 0.6 is 0 Å². The molecule has 0 saturated heterocycles. The molecule has 1 atom stereocenters. The van der Waals surface area contributed by atoms with Crippen molar-refractivity contribution in [2.75, 3.05) is 0 Å². The summed E-state index contributed by atoms with van der Waals surface area (Å²) in [5.41, 5.74) is 0.510. The molecule has 1 aromatic rings. The molecule has 17 heavy (non-hydrogen) atoms. The Bertz CT molecular complexity index is 365. The molecule has 0 N–H and O–H groups in total. The van der Waals surface area contributed by atoms with E-state index in [-0.39, 0.29) is 11.7 Å². The van der Waals surface area contributed by atoms with Gasteiger partial charge in [0.1, 0.15) is 5.75 Å². The molecule has 1 aromatic carbocycles. The monoisotopic (exact) mass is 250 g/mol. The van der Waals surface area contributed by atoms with Gasteiger partial charge in [0.25, 0.3) is 0 Å². The summed E-state index contributed by atoms with van der Waals surface area (Å²) in [7, 11) is 0. The van der Waals surface area contributed by atoms with Gasteiger partial charge in [0.2, 0.25) is 0 Å². The maximum atomic E-state index is 12.8. The third-order valence-electron chi connectivity index (χ3n) is 2.56. The molecular weight excluding hydrogens is 236 g/mol. The van der Waals surface area contributed by atoms with E-state index in [2.05, 4.69) is 4.74 Å². The number of para-hydroxylation sites is 1. The highest BCUT2D eigenvalue weighted by molar-refractivity contribution is 5.36. The summed E-state index contributed by atoms with van der Waals surface area (Å²) >= 11 is 0. The zero-order valence-electron chi connectivity index (χ0n) is 9.59. The van der Waals surface area contributed by atoms with Gasteiger partial charge in [-0.05, 0) is 24.0 Å². The Morgan fingerprint density at radius 1 is 1.24 bits per heavy atom. The quantitative estimate of drug-likeness (QED) is 0.702. The van der Waals surface area contributed by atoms with Crippen molar-refractivity contribution < 1.29 is 22.3 Å². The lowest BCUT2D eigenvalue weighted by atomic mass is 9.98. The van der Waals surface area contributed by atoms with E-state index >= 15 is 0 Å². The average molecular weight is 250 g/mol. The third kappa shape index (κ3) is 3.35. The van der Waals surface area contributed by atoms with Crippen LogP contribution in [0.3, 0.4) is 0 Å². The lowest BCUT2D eigenvalue weighted by Gasteiger charge is -2.21. The first-order valence-electron chi connectivity index (χ1n) is 5.32.